The summed E-state index contributed by atoms with van der Waals surface area (Å²) >= 11 is 0. The molecule has 1 N–H and O–H groups in total. The summed E-state index contributed by atoms with van der Waals surface area (Å²) in [7, 11) is 5.48. The number of hydrogen-bond donors (Lipinski definition) is 1. The van der Waals surface area contributed by atoms with Gasteiger partial charge in [0.15, 0.2) is 12.1 Å². The molecule has 0 fully saturated rings. The average molecular weight is 871 g/mol. The van der Waals surface area contributed by atoms with E-state index in [0.717, 1.165) is 89.9 Å². The molecule has 0 radical (unpaired) electrons. The number of hydrogen-bond acceptors (Lipinski definition) is 6. The van der Waals surface area contributed by atoms with Gasteiger partial charge in [-0.05, 0) is 77.0 Å². The van der Waals surface area contributed by atoms with Crippen LogP contribution in [0.3, 0.4) is 0 Å². The number of carbonyl (C=O) groups excluding carboxylic acids is 2. The van der Waals surface area contributed by atoms with E-state index in [1.807, 2.05) is 94.1 Å². The summed E-state index contributed by atoms with van der Waals surface area (Å²) in [5, 5.41) is 9.64. The van der Waals surface area contributed by atoms with E-state index >= 15 is 0 Å². The molecule has 2 atom stereocenters. The number of carboxylic acids is 1. The van der Waals surface area contributed by atoms with E-state index in [2.05, 4.69) is 86.8 Å². The third-order valence-electron chi connectivity index (χ3n) is 9.43. The van der Waals surface area contributed by atoms with Gasteiger partial charge in [-0.3, -0.25) is 9.59 Å². The highest BCUT2D eigenvalue weighted by atomic mass is 16.6. The molecule has 0 rings (SSSR count). The normalized spacial score (nSPS) is 14.2. The van der Waals surface area contributed by atoms with Crippen molar-refractivity contribution in [2.75, 3.05) is 41.0 Å². The van der Waals surface area contributed by atoms with E-state index in [4.69, 9.17) is 14.2 Å². The Bertz CT molecular complexity index is 1530. The zero-order valence-electron chi connectivity index (χ0n) is 39.7. The zero-order valence-corrected chi connectivity index (χ0v) is 39.7. The molecule has 8 heteroatoms. The number of quaternary nitrogens is 1. The first-order valence-corrected chi connectivity index (χ1v) is 23.5. The maximum absolute atomic E-state index is 12.8. The van der Waals surface area contributed by atoms with E-state index < -0.39 is 18.1 Å². The summed E-state index contributed by atoms with van der Waals surface area (Å²) in [4.78, 5) is 37.1. The Hall–Kier alpha value is -4.79. The average Bonchev–Trinajstić information content (AvgIpc) is 3.24. The van der Waals surface area contributed by atoms with Gasteiger partial charge in [-0.25, -0.2) is 4.79 Å². The van der Waals surface area contributed by atoms with Crippen molar-refractivity contribution in [3.8, 4) is 0 Å². The highest BCUT2D eigenvalue weighted by Gasteiger charge is 2.31. The molecule has 350 valence electrons. The van der Waals surface area contributed by atoms with Crippen molar-refractivity contribution in [3.63, 3.8) is 0 Å². The molecule has 0 aromatic carbocycles. The fourth-order valence-corrected chi connectivity index (χ4v) is 5.86. The molecule has 0 aliphatic carbocycles. The van der Waals surface area contributed by atoms with Gasteiger partial charge in [-0.1, -0.05) is 179 Å². The molecule has 0 aliphatic heterocycles. The van der Waals surface area contributed by atoms with Crippen LogP contribution in [-0.4, -0.2) is 80.6 Å². The smallest absolute Gasteiger partial charge is 0.362 e. The molecule has 0 spiro atoms. The Balaban J connectivity index is 4.51. The summed E-state index contributed by atoms with van der Waals surface area (Å²) in [6.07, 6.45) is 64.6. The number of likely N-dealkylation sites (N-methyl/N-ethyl adjacent to an activating group) is 1. The zero-order chi connectivity index (χ0) is 46.3. The van der Waals surface area contributed by atoms with Crippen LogP contribution in [0.1, 0.15) is 129 Å². The molecule has 0 amide bonds. The summed E-state index contributed by atoms with van der Waals surface area (Å²) in [6, 6.07) is -0.638. The molecule has 0 heterocycles. The van der Waals surface area contributed by atoms with Crippen molar-refractivity contribution in [2.45, 2.75) is 142 Å². The van der Waals surface area contributed by atoms with Gasteiger partial charge < -0.3 is 23.8 Å². The van der Waals surface area contributed by atoms with Crippen LogP contribution < -0.4 is 0 Å². The molecule has 0 aliphatic rings. The van der Waals surface area contributed by atoms with Gasteiger partial charge in [-0.15, -0.1) is 0 Å². The molecule has 8 nitrogen and oxygen atoms in total. The second kappa shape index (κ2) is 43.8. The van der Waals surface area contributed by atoms with Crippen LogP contribution in [-0.2, 0) is 28.6 Å². The predicted molar refractivity (Wildman–Crippen MR) is 265 cm³/mol. The first-order valence-electron chi connectivity index (χ1n) is 23.5. The van der Waals surface area contributed by atoms with Crippen LogP contribution in [0.15, 0.2) is 146 Å². The van der Waals surface area contributed by atoms with Crippen molar-refractivity contribution in [3.05, 3.63) is 146 Å². The van der Waals surface area contributed by atoms with E-state index in [-0.39, 0.29) is 49.1 Å². The Morgan fingerprint density at radius 3 is 1.43 bits per heavy atom. The summed E-state index contributed by atoms with van der Waals surface area (Å²) in [5.74, 6) is -1.58. The van der Waals surface area contributed by atoms with Crippen LogP contribution in [0, 0.1) is 0 Å². The Morgan fingerprint density at radius 2 is 0.921 bits per heavy atom. The van der Waals surface area contributed by atoms with E-state index in [9.17, 15) is 19.5 Å². The molecule has 0 aromatic heterocycles. The second-order valence-electron chi connectivity index (χ2n) is 16.1. The fourth-order valence-electron chi connectivity index (χ4n) is 5.86. The van der Waals surface area contributed by atoms with Crippen LogP contribution >= 0.6 is 0 Å². The predicted octanol–water partition coefficient (Wildman–Crippen LogP) is 13.4. The molecule has 0 aromatic rings. The minimum absolute atomic E-state index is 0.0234. The lowest BCUT2D eigenvalue weighted by atomic mass is 10.1. The minimum atomic E-state index is -0.894. The van der Waals surface area contributed by atoms with Gasteiger partial charge in [0.05, 0.1) is 34.4 Å². The number of aliphatic carboxylic acids is 1. The molecular formula is C55H84NO7+. The monoisotopic (exact) mass is 871 g/mol. The molecule has 0 saturated carbocycles. The number of carboxylic acid groups (broad SMARTS) is 1. The van der Waals surface area contributed by atoms with Crippen molar-refractivity contribution < 1.29 is 38.2 Å². The maximum atomic E-state index is 12.8. The van der Waals surface area contributed by atoms with Gasteiger partial charge >= 0.3 is 17.9 Å². The lowest BCUT2D eigenvalue weighted by molar-refractivity contribution is -0.887. The third-order valence-corrected chi connectivity index (χ3v) is 9.43. The number of carbonyl (C=O) groups is 3. The maximum Gasteiger partial charge on any atom is 0.362 e. The number of esters is 2. The number of nitrogens with zero attached hydrogens (tertiary/aromatic N) is 1. The lowest BCUT2D eigenvalue weighted by Gasteiger charge is -2.31. The van der Waals surface area contributed by atoms with Crippen molar-refractivity contribution in [1.29, 1.82) is 0 Å². The van der Waals surface area contributed by atoms with Crippen LogP contribution in [0.2, 0.25) is 0 Å². The summed E-state index contributed by atoms with van der Waals surface area (Å²) in [6.45, 7) is 4.36. The quantitative estimate of drug-likeness (QED) is 0.0216. The van der Waals surface area contributed by atoms with E-state index in [1.54, 1.807) is 0 Å². The topological polar surface area (TPSA) is 99.1 Å². The van der Waals surface area contributed by atoms with E-state index in [1.165, 1.54) is 0 Å². The molecule has 0 saturated heterocycles. The number of allylic oxidation sites excluding steroid dienone is 24. The number of unbranched alkanes of at least 4 members (excludes halogenated alkanes) is 7. The largest absolute Gasteiger partial charge is 0.477 e. The lowest BCUT2D eigenvalue weighted by Crippen LogP contribution is -2.50. The standard InChI is InChI=1S/C55H83NO7/c1-6-8-10-12-14-16-18-20-22-24-26-28-30-32-34-36-38-40-42-44-46-54(58)63-51(49-61-48-47-52(55(59)60)56(3,4)5)50-62-53(57)45-43-41-39-37-35-33-31-29-27-25-23-21-19-17-15-13-11-9-7-2/h8-11,13-17,19-23,25-29,31-35,51-52H,6-7,12,18,24,30,36-50H2,1-5H3/p+1/b10-8+,11-9+,15-13+,16-14+,19-17+,22-20+,23-21+,27-25+,28-26+,31-29+,34-32+,35-33+. The van der Waals surface area contributed by atoms with Crippen molar-refractivity contribution in [1.82, 2.24) is 0 Å². The van der Waals surface area contributed by atoms with Gasteiger partial charge in [0.2, 0.25) is 0 Å². The highest BCUT2D eigenvalue weighted by molar-refractivity contribution is 5.72. The Labute approximate surface area is 383 Å². The molecule has 63 heavy (non-hydrogen) atoms. The van der Waals surface area contributed by atoms with E-state index in [0.29, 0.717) is 12.8 Å². The molecular weight excluding hydrogens is 787 g/mol. The van der Waals surface area contributed by atoms with Gasteiger partial charge in [0, 0.05) is 19.3 Å². The van der Waals surface area contributed by atoms with Crippen molar-refractivity contribution >= 4 is 17.9 Å². The summed E-state index contributed by atoms with van der Waals surface area (Å²) < 4.78 is 17.2. The number of ether oxygens (including phenoxy) is 3. The van der Waals surface area contributed by atoms with Gasteiger partial charge in [-0.2, -0.15) is 0 Å². The fraction of sp³-hybridized carbons (Fsp3) is 0.509. The van der Waals surface area contributed by atoms with Crippen LogP contribution in [0.5, 0.6) is 0 Å². The minimum Gasteiger partial charge on any atom is -0.477 e. The van der Waals surface area contributed by atoms with Gasteiger partial charge in [0.25, 0.3) is 0 Å². The second-order valence-corrected chi connectivity index (χ2v) is 16.1. The van der Waals surface area contributed by atoms with Crippen LogP contribution in [0.4, 0.5) is 0 Å². The first kappa shape index (κ1) is 58.2. The van der Waals surface area contributed by atoms with Crippen molar-refractivity contribution in [2.24, 2.45) is 0 Å². The number of rotatable bonds is 39. The summed E-state index contributed by atoms with van der Waals surface area (Å²) in [5.41, 5.74) is 0. The third kappa shape index (κ3) is 42.3. The van der Waals surface area contributed by atoms with Gasteiger partial charge in [0.1, 0.15) is 6.61 Å². The Morgan fingerprint density at radius 1 is 0.492 bits per heavy atom. The molecule has 2 unspecified atom stereocenters. The van der Waals surface area contributed by atoms with Crippen LogP contribution in [0.25, 0.3) is 0 Å². The highest BCUT2D eigenvalue weighted by Crippen LogP contribution is 2.12. The Kier molecular flexibility index (Phi) is 40.5. The molecule has 0 bridgehead atoms. The SMILES string of the molecule is CC/C=C/C=C/C=C/C=C/C=C/C=C/C=C/CCCCCC(=O)OCC(COCCC(C(=O)O)[N+](C)(C)C)OC(=O)CCCCCC/C=C/C/C=C/C/C=C/C/C=C/C/C=C/CC. The first-order chi connectivity index (χ1) is 30.6.